The lowest BCUT2D eigenvalue weighted by Crippen LogP contribution is -2.49. The van der Waals surface area contributed by atoms with E-state index in [0.717, 1.165) is 0 Å². The third-order valence-electron chi connectivity index (χ3n) is 1.24. The van der Waals surface area contributed by atoms with Crippen molar-refractivity contribution in [1.29, 1.82) is 0 Å². The van der Waals surface area contributed by atoms with Gasteiger partial charge in [0.05, 0.1) is 0 Å². The fourth-order valence-electron chi connectivity index (χ4n) is 0.512. The summed E-state index contributed by atoms with van der Waals surface area (Å²) < 4.78 is 111. The van der Waals surface area contributed by atoms with E-state index in [2.05, 4.69) is 0 Å². The Morgan fingerprint density at radius 2 is 1.06 bits per heavy atom. The molecule has 0 aliphatic rings. The van der Waals surface area contributed by atoms with E-state index in [1.54, 1.807) is 0 Å². The van der Waals surface area contributed by atoms with Crippen molar-refractivity contribution in [3.63, 3.8) is 0 Å². The van der Waals surface area contributed by atoms with Crippen molar-refractivity contribution < 1.29 is 48.3 Å². The minimum atomic E-state index is -6.85. The first-order valence-electron chi connectivity index (χ1n) is 3.21. The molecule has 0 aliphatic heterocycles. The van der Waals surface area contributed by atoms with Gasteiger partial charge in [-0.25, -0.2) is 16.8 Å². The normalized spacial score (nSPS) is 15.3. The topological polar surface area (TPSA) is 91.8 Å². The van der Waals surface area contributed by atoms with Gasteiger partial charge in [-0.2, -0.15) is 26.3 Å². The van der Waals surface area contributed by atoms with Crippen LogP contribution in [0.15, 0.2) is 0 Å². The minimum Gasteiger partial charge on any atom is -0.379 e. The van der Waals surface area contributed by atoms with Crippen molar-refractivity contribution in [3.8, 4) is 0 Å². The van der Waals surface area contributed by atoms with E-state index in [0.29, 0.717) is 0 Å². The van der Waals surface area contributed by atoms with Crippen molar-refractivity contribution in [2.24, 2.45) is 0 Å². The van der Waals surface area contributed by atoms with Crippen LogP contribution >= 0.6 is 0 Å². The zero-order valence-electron chi connectivity index (χ0n) is 7.32. The zero-order chi connectivity index (χ0) is 14.3. The van der Waals surface area contributed by atoms with Crippen LogP contribution in [0.2, 0.25) is 0 Å². The standard InChI is InChI=1S/C3H3F6NO5S2/c4-2(5,6)16(12,13)10(1-11)17(14,15)3(7,8)9/h11H,1H2. The Balaban J connectivity index is 5.90. The molecule has 0 rings (SSSR count). The highest BCUT2D eigenvalue weighted by molar-refractivity contribution is 8.04. The second kappa shape index (κ2) is 4.25. The fourth-order valence-corrected chi connectivity index (χ4v) is 2.82. The summed E-state index contributed by atoms with van der Waals surface area (Å²) in [5, 5.41) is 8.09. The average Bonchev–Trinajstić information content (AvgIpc) is 1.99. The number of halogens is 6. The van der Waals surface area contributed by atoms with Gasteiger partial charge in [0.2, 0.25) is 0 Å². The van der Waals surface area contributed by atoms with Crippen LogP contribution in [-0.4, -0.2) is 43.4 Å². The molecule has 6 nitrogen and oxygen atoms in total. The molecule has 0 saturated carbocycles. The SMILES string of the molecule is O=S(=O)(N(CO)S(=O)(=O)C(F)(F)F)C(F)(F)F. The summed E-state index contributed by atoms with van der Waals surface area (Å²) in [6.07, 6.45) is 0. The number of rotatable bonds is 3. The van der Waals surface area contributed by atoms with E-state index in [1.807, 2.05) is 0 Å². The first-order chi connectivity index (χ1) is 7.19. The first kappa shape index (κ1) is 16.4. The molecule has 0 bridgehead atoms. The Morgan fingerprint density at radius 1 is 0.824 bits per heavy atom. The average molecular weight is 311 g/mol. The zero-order valence-corrected chi connectivity index (χ0v) is 8.95. The molecule has 0 heterocycles. The van der Waals surface area contributed by atoms with Crippen molar-refractivity contribution >= 4 is 20.0 Å². The molecule has 1 N–H and O–H groups in total. The van der Waals surface area contributed by atoms with Gasteiger partial charge in [-0.05, 0) is 0 Å². The molecule has 0 aromatic carbocycles. The van der Waals surface area contributed by atoms with Crippen molar-refractivity contribution in [2.45, 2.75) is 11.0 Å². The summed E-state index contributed by atoms with van der Waals surface area (Å²) in [4.78, 5) is 0. The van der Waals surface area contributed by atoms with Gasteiger partial charge in [-0.3, -0.25) is 0 Å². The molecule has 0 fully saturated rings. The van der Waals surface area contributed by atoms with Gasteiger partial charge in [0, 0.05) is 0 Å². The molecule has 0 unspecified atom stereocenters. The number of hydrogen-bond donors (Lipinski definition) is 1. The highest BCUT2D eigenvalue weighted by Gasteiger charge is 2.61. The maximum atomic E-state index is 11.8. The highest BCUT2D eigenvalue weighted by Crippen LogP contribution is 2.34. The van der Waals surface area contributed by atoms with E-state index in [9.17, 15) is 43.2 Å². The summed E-state index contributed by atoms with van der Waals surface area (Å²) in [5.74, 6) is 0. The van der Waals surface area contributed by atoms with Gasteiger partial charge in [0.25, 0.3) is 0 Å². The predicted octanol–water partition coefficient (Wildman–Crippen LogP) is -0.0626. The largest absolute Gasteiger partial charge is 0.512 e. The van der Waals surface area contributed by atoms with Crippen molar-refractivity contribution in [3.05, 3.63) is 0 Å². The van der Waals surface area contributed by atoms with Gasteiger partial charge >= 0.3 is 31.1 Å². The molecule has 0 aliphatic carbocycles. The summed E-state index contributed by atoms with van der Waals surface area (Å²) >= 11 is 0. The number of alkyl halides is 6. The first-order valence-corrected chi connectivity index (χ1v) is 6.09. The molecular formula is C3H3F6NO5S2. The van der Waals surface area contributed by atoms with Crippen molar-refractivity contribution in [1.82, 2.24) is 3.71 Å². The Labute approximate surface area is 90.5 Å². The number of hydrogen-bond acceptors (Lipinski definition) is 5. The lowest BCUT2D eigenvalue weighted by Gasteiger charge is -2.21. The van der Waals surface area contributed by atoms with E-state index in [4.69, 9.17) is 5.11 Å². The molecule has 0 amide bonds. The molecule has 0 radical (unpaired) electrons. The summed E-state index contributed by atoms with van der Waals surface area (Å²) in [6.45, 7) is -2.52. The van der Waals surface area contributed by atoms with Crippen molar-refractivity contribution in [2.75, 3.05) is 6.73 Å². The van der Waals surface area contributed by atoms with Crippen LogP contribution in [0.1, 0.15) is 0 Å². The second-order valence-electron chi connectivity index (χ2n) is 2.32. The lowest BCUT2D eigenvalue weighted by atomic mass is 11.4. The fraction of sp³-hybridized carbons (Fsp3) is 1.00. The molecule has 0 aromatic rings. The third-order valence-corrected chi connectivity index (χ3v) is 4.89. The van der Waals surface area contributed by atoms with Crippen LogP contribution in [-0.2, 0) is 20.0 Å². The maximum absolute atomic E-state index is 11.8. The molecule has 0 atom stereocenters. The van der Waals surface area contributed by atoms with E-state index in [1.165, 1.54) is 0 Å². The van der Waals surface area contributed by atoms with Gasteiger partial charge in [0.1, 0.15) is 6.73 Å². The Bertz CT molecular complexity index is 429. The van der Waals surface area contributed by atoms with Gasteiger partial charge in [-0.1, -0.05) is 3.71 Å². The third kappa shape index (κ3) is 2.80. The molecule has 0 saturated heterocycles. The van der Waals surface area contributed by atoms with Gasteiger partial charge in [0.15, 0.2) is 0 Å². The van der Waals surface area contributed by atoms with Crippen LogP contribution < -0.4 is 0 Å². The second-order valence-corrected chi connectivity index (χ2v) is 6.25. The lowest BCUT2D eigenvalue weighted by molar-refractivity contribution is -0.0555. The van der Waals surface area contributed by atoms with E-state index < -0.39 is 41.5 Å². The number of nitrogens with zero attached hydrogens (tertiary/aromatic N) is 1. The van der Waals surface area contributed by atoms with Crippen LogP contribution in [0.5, 0.6) is 0 Å². The van der Waals surface area contributed by atoms with Crippen LogP contribution in [0.25, 0.3) is 0 Å². The molecular weight excluding hydrogens is 308 g/mol. The highest BCUT2D eigenvalue weighted by atomic mass is 32.3. The Kier molecular flexibility index (Phi) is 4.10. The maximum Gasteiger partial charge on any atom is 0.512 e. The number of aliphatic hydroxyl groups excluding tert-OH is 1. The molecule has 17 heavy (non-hydrogen) atoms. The quantitative estimate of drug-likeness (QED) is 0.582. The number of aliphatic hydroxyl groups is 1. The van der Waals surface area contributed by atoms with Crippen LogP contribution in [0, 0.1) is 0 Å². The van der Waals surface area contributed by atoms with E-state index >= 15 is 0 Å². The minimum absolute atomic E-state index is 2.08. The number of sulfonamides is 2. The summed E-state index contributed by atoms with van der Waals surface area (Å²) in [5.41, 5.74) is -12.6. The predicted molar refractivity (Wildman–Crippen MR) is 38.9 cm³/mol. The summed E-state index contributed by atoms with van der Waals surface area (Å²) in [7, 11) is -13.7. The van der Waals surface area contributed by atoms with Gasteiger partial charge in [-0.15, -0.1) is 0 Å². The molecule has 0 spiro atoms. The van der Waals surface area contributed by atoms with Crippen LogP contribution in [0.3, 0.4) is 0 Å². The van der Waals surface area contributed by atoms with Gasteiger partial charge < -0.3 is 5.11 Å². The molecule has 14 heteroatoms. The van der Waals surface area contributed by atoms with E-state index in [-0.39, 0.29) is 0 Å². The Hall–Kier alpha value is -0.600. The smallest absolute Gasteiger partial charge is 0.379 e. The van der Waals surface area contributed by atoms with Crippen LogP contribution in [0.4, 0.5) is 26.3 Å². The summed E-state index contributed by atoms with van der Waals surface area (Å²) in [6, 6.07) is 0. The molecule has 0 aromatic heterocycles. The Morgan fingerprint density at radius 3 is 1.18 bits per heavy atom. The monoisotopic (exact) mass is 311 g/mol. The molecule has 104 valence electrons.